The summed E-state index contributed by atoms with van der Waals surface area (Å²) in [5, 5.41) is 6.07. The Labute approximate surface area is 157 Å². The number of nitrogens with zero attached hydrogens (tertiary/aromatic N) is 1. The maximum absolute atomic E-state index is 12.3. The molecule has 0 bridgehead atoms. The number of carbonyl (C=O) groups is 1. The summed E-state index contributed by atoms with van der Waals surface area (Å²) in [5.41, 5.74) is 2.24. The van der Waals surface area contributed by atoms with Gasteiger partial charge in [0.15, 0.2) is 5.75 Å². The van der Waals surface area contributed by atoms with E-state index in [0.717, 1.165) is 11.4 Å². The van der Waals surface area contributed by atoms with Gasteiger partial charge in [0.25, 0.3) is 5.56 Å². The minimum atomic E-state index is -0.322. The zero-order valence-electron chi connectivity index (χ0n) is 15.0. The first-order valence-electron chi connectivity index (χ1n) is 8.70. The Kier molecular flexibility index (Phi) is 5.89. The summed E-state index contributed by atoms with van der Waals surface area (Å²) < 4.78 is 6.59. The molecule has 0 spiro atoms. The Morgan fingerprint density at radius 3 is 2.30 bits per heavy atom. The molecule has 1 amide bonds. The number of ether oxygens (including phenoxy) is 1. The van der Waals surface area contributed by atoms with Crippen molar-refractivity contribution in [1.29, 1.82) is 0 Å². The maximum atomic E-state index is 12.3. The summed E-state index contributed by atoms with van der Waals surface area (Å²) >= 11 is 0. The van der Waals surface area contributed by atoms with Gasteiger partial charge in [-0.2, -0.15) is 0 Å². The van der Waals surface area contributed by atoms with Crippen molar-refractivity contribution in [1.82, 2.24) is 4.57 Å². The van der Waals surface area contributed by atoms with Crippen molar-refractivity contribution in [3.05, 3.63) is 83.3 Å². The average molecular weight is 363 g/mol. The van der Waals surface area contributed by atoms with Gasteiger partial charge in [0.05, 0.1) is 6.61 Å². The highest BCUT2D eigenvalue weighted by molar-refractivity contribution is 5.90. The molecule has 1 heterocycles. The smallest absolute Gasteiger partial charge is 0.293 e. The van der Waals surface area contributed by atoms with E-state index in [4.69, 9.17) is 4.74 Å². The van der Waals surface area contributed by atoms with Gasteiger partial charge >= 0.3 is 0 Å². The van der Waals surface area contributed by atoms with Crippen LogP contribution in [0.1, 0.15) is 6.92 Å². The Hall–Kier alpha value is -3.54. The van der Waals surface area contributed by atoms with Gasteiger partial charge in [-0.25, -0.2) is 0 Å². The van der Waals surface area contributed by atoms with Crippen LogP contribution in [0.5, 0.6) is 5.75 Å². The number of pyridine rings is 1. The highest BCUT2D eigenvalue weighted by Crippen LogP contribution is 2.18. The predicted octanol–water partition coefficient (Wildman–Crippen LogP) is 3.63. The van der Waals surface area contributed by atoms with Crippen molar-refractivity contribution in [2.45, 2.75) is 13.5 Å². The molecule has 138 valence electrons. The molecule has 0 fully saturated rings. The van der Waals surface area contributed by atoms with Gasteiger partial charge in [0, 0.05) is 23.3 Å². The van der Waals surface area contributed by atoms with Crippen LogP contribution in [0.3, 0.4) is 0 Å². The van der Waals surface area contributed by atoms with E-state index in [-0.39, 0.29) is 23.8 Å². The number of anilines is 3. The average Bonchev–Trinajstić information content (AvgIpc) is 2.67. The second kappa shape index (κ2) is 8.71. The highest BCUT2D eigenvalue weighted by atomic mass is 16.5. The summed E-state index contributed by atoms with van der Waals surface area (Å²) in [5.74, 6) is -0.0429. The van der Waals surface area contributed by atoms with Gasteiger partial charge in [-0.1, -0.05) is 18.2 Å². The molecule has 0 aliphatic carbocycles. The number of para-hydroxylation sites is 1. The minimum Gasteiger partial charge on any atom is -0.488 e. The lowest BCUT2D eigenvalue weighted by molar-refractivity contribution is -0.116. The molecule has 3 rings (SSSR count). The zero-order valence-corrected chi connectivity index (χ0v) is 15.0. The quantitative estimate of drug-likeness (QED) is 0.672. The van der Waals surface area contributed by atoms with Crippen LogP contribution in [-0.2, 0) is 11.3 Å². The van der Waals surface area contributed by atoms with Crippen molar-refractivity contribution < 1.29 is 9.53 Å². The van der Waals surface area contributed by atoms with Gasteiger partial charge in [-0.05, 0) is 55.5 Å². The van der Waals surface area contributed by atoms with E-state index >= 15 is 0 Å². The fourth-order valence-electron chi connectivity index (χ4n) is 2.58. The normalized spacial score (nSPS) is 10.3. The first kappa shape index (κ1) is 18.3. The zero-order chi connectivity index (χ0) is 19.1. The molecule has 2 aromatic carbocycles. The standard InChI is InChI=1S/C21H21N3O3/c1-2-27-19-9-6-14-24(21(19)26)15-20(25)23-18-12-10-17(11-13-18)22-16-7-4-3-5-8-16/h3-14,22H,2,15H2,1H3,(H,23,25). The number of rotatable bonds is 7. The molecule has 0 radical (unpaired) electrons. The SMILES string of the molecule is CCOc1cccn(CC(=O)Nc2ccc(Nc3ccccc3)cc2)c1=O. The second-order valence-corrected chi connectivity index (χ2v) is 5.86. The molecule has 6 nitrogen and oxygen atoms in total. The Morgan fingerprint density at radius 2 is 1.59 bits per heavy atom. The van der Waals surface area contributed by atoms with Crippen LogP contribution >= 0.6 is 0 Å². The summed E-state index contributed by atoms with van der Waals surface area (Å²) in [6, 6.07) is 20.5. The molecule has 0 aliphatic rings. The van der Waals surface area contributed by atoms with E-state index in [0.29, 0.717) is 12.3 Å². The number of aromatic nitrogens is 1. The molecular formula is C21H21N3O3. The number of benzene rings is 2. The molecule has 27 heavy (non-hydrogen) atoms. The van der Waals surface area contributed by atoms with Crippen LogP contribution in [0.2, 0.25) is 0 Å². The lowest BCUT2D eigenvalue weighted by atomic mass is 10.2. The number of amides is 1. The number of hydrogen-bond acceptors (Lipinski definition) is 4. The summed E-state index contributed by atoms with van der Waals surface area (Å²) in [4.78, 5) is 24.5. The monoisotopic (exact) mass is 363 g/mol. The van der Waals surface area contributed by atoms with Crippen LogP contribution in [-0.4, -0.2) is 17.1 Å². The summed E-state index contributed by atoms with van der Waals surface area (Å²) in [6.45, 7) is 2.12. The summed E-state index contributed by atoms with van der Waals surface area (Å²) in [7, 11) is 0. The number of hydrogen-bond donors (Lipinski definition) is 2. The third-order valence-corrected chi connectivity index (χ3v) is 3.83. The predicted molar refractivity (Wildman–Crippen MR) is 107 cm³/mol. The highest BCUT2D eigenvalue weighted by Gasteiger charge is 2.08. The lowest BCUT2D eigenvalue weighted by Gasteiger charge is -2.10. The molecule has 0 atom stereocenters. The van der Waals surface area contributed by atoms with Crippen molar-refractivity contribution in [3.8, 4) is 5.75 Å². The van der Waals surface area contributed by atoms with E-state index in [1.807, 2.05) is 54.6 Å². The summed E-state index contributed by atoms with van der Waals surface area (Å²) in [6.07, 6.45) is 1.57. The van der Waals surface area contributed by atoms with Crippen LogP contribution < -0.4 is 20.9 Å². The topological polar surface area (TPSA) is 72.4 Å². The number of nitrogens with one attached hydrogen (secondary N) is 2. The van der Waals surface area contributed by atoms with Crippen LogP contribution in [0, 0.1) is 0 Å². The molecule has 6 heteroatoms. The van der Waals surface area contributed by atoms with Crippen molar-refractivity contribution >= 4 is 23.0 Å². The minimum absolute atomic E-state index is 0.0796. The van der Waals surface area contributed by atoms with Crippen LogP contribution in [0.25, 0.3) is 0 Å². The van der Waals surface area contributed by atoms with Gasteiger partial charge in [-0.3, -0.25) is 9.59 Å². The molecule has 0 unspecified atom stereocenters. The second-order valence-electron chi connectivity index (χ2n) is 5.86. The molecule has 1 aromatic heterocycles. The largest absolute Gasteiger partial charge is 0.488 e. The molecule has 2 N–H and O–H groups in total. The lowest BCUT2D eigenvalue weighted by Crippen LogP contribution is -2.27. The third-order valence-electron chi connectivity index (χ3n) is 3.83. The van der Waals surface area contributed by atoms with Crippen molar-refractivity contribution in [2.24, 2.45) is 0 Å². The van der Waals surface area contributed by atoms with Gasteiger partial charge in [-0.15, -0.1) is 0 Å². The van der Waals surface area contributed by atoms with Crippen molar-refractivity contribution in [2.75, 3.05) is 17.2 Å². The fraction of sp³-hybridized carbons (Fsp3) is 0.143. The molecular weight excluding hydrogens is 342 g/mol. The Morgan fingerprint density at radius 1 is 0.926 bits per heavy atom. The van der Waals surface area contributed by atoms with E-state index in [2.05, 4.69) is 10.6 Å². The Balaban J connectivity index is 1.61. The molecule has 3 aromatic rings. The molecule has 0 aliphatic heterocycles. The van der Waals surface area contributed by atoms with Crippen LogP contribution in [0.15, 0.2) is 77.7 Å². The number of carbonyl (C=O) groups excluding carboxylic acids is 1. The molecule has 0 saturated carbocycles. The van der Waals surface area contributed by atoms with Gasteiger partial charge < -0.3 is 19.9 Å². The third kappa shape index (κ3) is 4.98. The van der Waals surface area contributed by atoms with Gasteiger partial charge in [0.2, 0.25) is 5.91 Å². The van der Waals surface area contributed by atoms with E-state index in [1.165, 1.54) is 4.57 Å². The van der Waals surface area contributed by atoms with E-state index in [1.54, 1.807) is 25.3 Å². The first-order chi connectivity index (χ1) is 13.2. The maximum Gasteiger partial charge on any atom is 0.293 e. The first-order valence-corrected chi connectivity index (χ1v) is 8.70. The Bertz CT molecular complexity index is 950. The molecule has 0 saturated heterocycles. The van der Waals surface area contributed by atoms with Gasteiger partial charge in [0.1, 0.15) is 6.54 Å². The fourth-order valence-corrected chi connectivity index (χ4v) is 2.58. The van der Waals surface area contributed by atoms with Crippen molar-refractivity contribution in [3.63, 3.8) is 0 Å². The van der Waals surface area contributed by atoms with Crippen LogP contribution in [0.4, 0.5) is 17.1 Å². The van der Waals surface area contributed by atoms with E-state index in [9.17, 15) is 9.59 Å². The van der Waals surface area contributed by atoms with E-state index < -0.39 is 0 Å².